The third-order valence-corrected chi connectivity index (χ3v) is 13.5. The minimum Gasteiger partial charge on any atom is -0.309 e. The lowest BCUT2D eigenvalue weighted by atomic mass is 9.85. The summed E-state index contributed by atoms with van der Waals surface area (Å²) in [6, 6.07) is 65.2. The number of hydrogen-bond acceptors (Lipinski definition) is 2. The normalized spacial score (nSPS) is 14.0. The highest BCUT2D eigenvalue weighted by Gasteiger charge is 2.30. The fourth-order valence-corrected chi connectivity index (χ4v) is 10.6. The smallest absolute Gasteiger partial charge is 0.171 e. The van der Waals surface area contributed by atoms with Crippen molar-refractivity contribution < 1.29 is 4.57 Å². The van der Waals surface area contributed by atoms with Crippen LogP contribution in [0, 0.1) is 0 Å². The van der Waals surface area contributed by atoms with Crippen molar-refractivity contribution in [1.29, 1.82) is 0 Å². The second-order valence-electron chi connectivity index (χ2n) is 13.3. The van der Waals surface area contributed by atoms with Crippen LogP contribution in [0.3, 0.4) is 0 Å². The van der Waals surface area contributed by atoms with Gasteiger partial charge < -0.3 is 4.57 Å². The summed E-state index contributed by atoms with van der Waals surface area (Å²) in [5, 5.41) is 3.74. The molecule has 0 bridgehead atoms. The molecule has 0 fully saturated rings. The molecule has 51 heavy (non-hydrogen) atoms. The largest absolute Gasteiger partial charge is 0.309 e. The Kier molecular flexibility index (Phi) is 8.03. The average molecular weight is 674 g/mol. The van der Waals surface area contributed by atoms with Gasteiger partial charge in [-0.05, 0) is 52.3 Å². The molecular formula is C48H36NOP. The van der Waals surface area contributed by atoms with E-state index in [-0.39, 0.29) is 0 Å². The van der Waals surface area contributed by atoms with Gasteiger partial charge in [-0.3, -0.25) is 0 Å². The van der Waals surface area contributed by atoms with Gasteiger partial charge in [0.05, 0.1) is 11.2 Å². The number of fused-ring (bicyclic) bond motifs is 5. The van der Waals surface area contributed by atoms with Crippen molar-refractivity contribution in [3.8, 4) is 33.5 Å². The van der Waals surface area contributed by atoms with E-state index in [1.165, 1.54) is 33.2 Å². The first-order chi connectivity index (χ1) is 25.2. The second kappa shape index (κ2) is 13.1. The quantitative estimate of drug-likeness (QED) is 0.164. The van der Waals surface area contributed by atoms with Gasteiger partial charge in [-0.25, -0.2) is 4.98 Å². The Bertz CT molecular complexity index is 2480. The maximum Gasteiger partial charge on any atom is 0.171 e. The van der Waals surface area contributed by atoms with Gasteiger partial charge in [-0.2, -0.15) is 0 Å². The van der Waals surface area contributed by atoms with Crippen molar-refractivity contribution in [2.75, 3.05) is 0 Å². The topological polar surface area (TPSA) is 30.0 Å². The molecule has 7 aromatic carbocycles. The first-order valence-corrected chi connectivity index (χ1v) is 19.4. The van der Waals surface area contributed by atoms with Gasteiger partial charge in [-0.15, -0.1) is 0 Å². The number of benzene rings is 7. The maximum atomic E-state index is 14.9. The van der Waals surface area contributed by atoms with Crippen LogP contribution in [-0.2, 0) is 11.0 Å². The number of pyridine rings is 1. The van der Waals surface area contributed by atoms with E-state index in [1.54, 1.807) is 0 Å². The molecule has 1 unspecified atom stereocenters. The van der Waals surface area contributed by atoms with Crippen LogP contribution in [0.1, 0.15) is 29.0 Å². The summed E-state index contributed by atoms with van der Waals surface area (Å²) in [6.45, 7) is 0. The molecule has 1 aliphatic carbocycles. The number of rotatable bonds is 6. The molecule has 0 radical (unpaired) electrons. The Balaban J connectivity index is 1.12. The predicted octanol–water partition coefficient (Wildman–Crippen LogP) is 11.0. The van der Waals surface area contributed by atoms with Gasteiger partial charge in [0.25, 0.3) is 0 Å². The Hall–Kier alpha value is -5.82. The average Bonchev–Trinajstić information content (AvgIpc) is 3.39. The second-order valence-corrected chi connectivity index (χ2v) is 16.1. The Labute approximate surface area is 299 Å². The first-order valence-electron chi connectivity index (χ1n) is 17.7. The first kappa shape index (κ1) is 31.2. The van der Waals surface area contributed by atoms with E-state index in [1.807, 2.05) is 72.8 Å². The number of aromatic nitrogens is 1. The van der Waals surface area contributed by atoms with Crippen molar-refractivity contribution in [2.45, 2.75) is 18.8 Å². The van der Waals surface area contributed by atoms with Crippen molar-refractivity contribution in [2.24, 2.45) is 0 Å². The molecule has 9 rings (SSSR count). The lowest BCUT2D eigenvalue weighted by Crippen LogP contribution is -2.24. The van der Waals surface area contributed by atoms with E-state index in [9.17, 15) is 4.57 Å². The minimum atomic E-state index is -3.03. The van der Waals surface area contributed by atoms with Crippen molar-refractivity contribution in [3.05, 3.63) is 205 Å². The molecule has 0 N–H and O–H groups in total. The van der Waals surface area contributed by atoms with Crippen LogP contribution >= 0.6 is 7.14 Å². The van der Waals surface area contributed by atoms with Gasteiger partial charge in [0.15, 0.2) is 7.14 Å². The number of aryl methyl sites for hydroxylation is 1. The zero-order chi connectivity index (χ0) is 34.2. The monoisotopic (exact) mass is 673 g/mol. The highest BCUT2D eigenvalue weighted by molar-refractivity contribution is 7.85. The molecule has 1 atom stereocenters. The van der Waals surface area contributed by atoms with Gasteiger partial charge in [0, 0.05) is 38.3 Å². The molecule has 0 spiro atoms. The van der Waals surface area contributed by atoms with Gasteiger partial charge >= 0.3 is 0 Å². The molecule has 0 amide bonds. The Morgan fingerprint density at radius 1 is 0.490 bits per heavy atom. The summed E-state index contributed by atoms with van der Waals surface area (Å²) in [7, 11) is -3.03. The minimum absolute atomic E-state index is 0.311. The van der Waals surface area contributed by atoms with E-state index >= 15 is 0 Å². The van der Waals surface area contributed by atoms with Gasteiger partial charge in [0.2, 0.25) is 0 Å². The summed E-state index contributed by atoms with van der Waals surface area (Å²) in [5.41, 5.74) is 12.0. The third kappa shape index (κ3) is 5.53. The van der Waals surface area contributed by atoms with E-state index in [0.29, 0.717) is 5.92 Å². The van der Waals surface area contributed by atoms with Crippen molar-refractivity contribution in [1.82, 2.24) is 4.98 Å². The number of nitrogens with zero attached hydrogens (tertiary/aromatic N) is 1. The van der Waals surface area contributed by atoms with Crippen LogP contribution in [0.5, 0.6) is 0 Å². The predicted molar refractivity (Wildman–Crippen MR) is 214 cm³/mol. The van der Waals surface area contributed by atoms with E-state index in [0.717, 1.165) is 56.7 Å². The number of para-hydroxylation sites is 1. The molecule has 3 heteroatoms. The zero-order valence-corrected chi connectivity index (χ0v) is 29.1. The van der Waals surface area contributed by atoms with Crippen molar-refractivity contribution >= 4 is 34.0 Å². The highest BCUT2D eigenvalue weighted by atomic mass is 31.2. The fourth-order valence-electron chi connectivity index (χ4n) is 7.95. The van der Waals surface area contributed by atoms with Crippen LogP contribution in [0.25, 0.3) is 44.4 Å². The van der Waals surface area contributed by atoms with Crippen LogP contribution in [0.15, 0.2) is 188 Å². The molecule has 244 valence electrons. The molecule has 8 aromatic rings. The third-order valence-electron chi connectivity index (χ3n) is 10.5. The fraction of sp³-hybridized carbons (Fsp3) is 0.0625. The molecular weight excluding hydrogens is 638 g/mol. The SMILES string of the molecule is O=P(c1ccccc1)(c1ccccc1)c1ccc(-c2ccc(-c3nc4ccccc4c4c3-c3ccccc3C(c3ccccc3)CC4)cc2)cc1. The lowest BCUT2D eigenvalue weighted by molar-refractivity contribution is 0.592. The summed E-state index contributed by atoms with van der Waals surface area (Å²) >= 11 is 0. The summed E-state index contributed by atoms with van der Waals surface area (Å²) < 4.78 is 14.9. The Morgan fingerprint density at radius 3 is 1.67 bits per heavy atom. The molecule has 1 aliphatic rings. The lowest BCUT2D eigenvalue weighted by Gasteiger charge is -2.20. The van der Waals surface area contributed by atoms with Gasteiger partial charge in [-0.1, -0.05) is 182 Å². The molecule has 0 saturated heterocycles. The Morgan fingerprint density at radius 2 is 1.00 bits per heavy atom. The molecule has 1 heterocycles. The summed E-state index contributed by atoms with van der Waals surface area (Å²) in [6.07, 6.45) is 2.01. The van der Waals surface area contributed by atoms with E-state index in [2.05, 4.69) is 115 Å². The van der Waals surface area contributed by atoms with Gasteiger partial charge in [0.1, 0.15) is 0 Å². The molecule has 0 aliphatic heterocycles. The zero-order valence-electron chi connectivity index (χ0n) is 28.2. The van der Waals surface area contributed by atoms with Crippen LogP contribution in [-0.4, -0.2) is 4.98 Å². The van der Waals surface area contributed by atoms with Crippen LogP contribution in [0.4, 0.5) is 0 Å². The van der Waals surface area contributed by atoms with Crippen LogP contribution < -0.4 is 15.9 Å². The summed E-state index contributed by atoms with van der Waals surface area (Å²) in [4.78, 5) is 5.36. The maximum absolute atomic E-state index is 14.9. The molecule has 1 aromatic heterocycles. The standard InChI is InChI=1S/C48H36NOP/c50-51(38-16-6-2-7-17-38,39-18-8-3-9-19-39)40-30-28-35(29-31-40)34-24-26-37(27-25-34)48-47-44-22-11-10-20-42(44)41(36-14-4-1-5-15-36)32-33-45(47)43-21-12-13-23-46(43)49-48/h1-31,41H,32-33H2. The summed E-state index contributed by atoms with van der Waals surface area (Å²) in [5.74, 6) is 0.311. The highest BCUT2D eigenvalue weighted by Crippen LogP contribution is 2.47. The van der Waals surface area contributed by atoms with E-state index in [4.69, 9.17) is 4.98 Å². The number of hydrogen-bond donors (Lipinski definition) is 0. The molecule has 0 saturated carbocycles. The van der Waals surface area contributed by atoms with Crippen LogP contribution in [0.2, 0.25) is 0 Å². The molecule has 2 nitrogen and oxygen atoms in total. The van der Waals surface area contributed by atoms with E-state index < -0.39 is 7.14 Å². The van der Waals surface area contributed by atoms with Crippen molar-refractivity contribution in [3.63, 3.8) is 0 Å².